The number of hydrogen-bond acceptors (Lipinski definition) is 2. The molecule has 2 fully saturated rings. The largest absolute Gasteiger partial charge is 0.480 e. The van der Waals surface area contributed by atoms with Crippen LogP contribution < -0.4 is 0 Å². The van der Waals surface area contributed by atoms with Crippen LogP contribution >= 0.6 is 0 Å². The van der Waals surface area contributed by atoms with Crippen LogP contribution in [0.3, 0.4) is 0 Å². The Labute approximate surface area is 91.5 Å². The number of hydrogen-bond donors (Lipinski definition) is 1. The quantitative estimate of drug-likeness (QED) is 0.776. The van der Waals surface area contributed by atoms with Gasteiger partial charge in [0.15, 0.2) is 0 Å². The number of nitrogens with zero attached hydrogens (tertiary/aromatic N) is 1. The minimum absolute atomic E-state index is 0.223. The minimum Gasteiger partial charge on any atom is -0.480 e. The van der Waals surface area contributed by atoms with Crippen molar-refractivity contribution in [2.75, 3.05) is 13.1 Å². The number of piperidine rings is 1. The van der Waals surface area contributed by atoms with E-state index in [9.17, 15) is 9.90 Å². The molecule has 3 nitrogen and oxygen atoms in total. The molecule has 1 saturated heterocycles. The van der Waals surface area contributed by atoms with Crippen LogP contribution in [-0.2, 0) is 4.79 Å². The molecule has 1 aliphatic heterocycles. The van der Waals surface area contributed by atoms with Crippen molar-refractivity contribution >= 4 is 5.97 Å². The van der Waals surface area contributed by atoms with Crippen molar-refractivity contribution in [3.05, 3.63) is 0 Å². The predicted octanol–water partition coefficient (Wildman–Crippen LogP) is 1.97. The van der Waals surface area contributed by atoms with Gasteiger partial charge in [0.25, 0.3) is 0 Å². The van der Waals surface area contributed by atoms with Crippen LogP contribution in [0.15, 0.2) is 0 Å². The Balaban J connectivity index is 1.95. The fraction of sp³-hybridized carbons (Fsp3) is 0.917. The molecule has 2 aliphatic rings. The lowest BCUT2D eigenvalue weighted by atomic mass is 9.83. The van der Waals surface area contributed by atoms with Crippen LogP contribution in [0.4, 0.5) is 0 Å². The highest BCUT2D eigenvalue weighted by Gasteiger charge is 2.35. The molecule has 1 saturated carbocycles. The van der Waals surface area contributed by atoms with Gasteiger partial charge in [0.2, 0.25) is 0 Å². The van der Waals surface area contributed by atoms with E-state index in [-0.39, 0.29) is 6.04 Å². The van der Waals surface area contributed by atoms with Gasteiger partial charge in [-0.05, 0) is 44.1 Å². The average Bonchev–Trinajstić information content (AvgIpc) is 2.10. The van der Waals surface area contributed by atoms with E-state index in [0.29, 0.717) is 5.92 Å². The topological polar surface area (TPSA) is 40.5 Å². The number of carboxylic acids is 1. The Bertz CT molecular complexity index is 238. The van der Waals surface area contributed by atoms with E-state index in [1.807, 2.05) is 0 Å². The monoisotopic (exact) mass is 211 g/mol. The molecule has 86 valence electrons. The molecular weight excluding hydrogens is 190 g/mol. The fourth-order valence-corrected chi connectivity index (χ4v) is 2.88. The lowest BCUT2D eigenvalue weighted by Crippen LogP contribution is -2.51. The molecule has 3 heteroatoms. The van der Waals surface area contributed by atoms with Gasteiger partial charge < -0.3 is 5.11 Å². The van der Waals surface area contributed by atoms with Crippen molar-refractivity contribution in [1.82, 2.24) is 4.90 Å². The first kappa shape index (κ1) is 10.9. The normalized spacial score (nSPS) is 33.7. The van der Waals surface area contributed by atoms with Crippen LogP contribution in [-0.4, -0.2) is 35.1 Å². The smallest absolute Gasteiger partial charge is 0.321 e. The van der Waals surface area contributed by atoms with Crippen molar-refractivity contribution in [1.29, 1.82) is 0 Å². The summed E-state index contributed by atoms with van der Waals surface area (Å²) in [6, 6.07) is -0.223. The van der Waals surface area contributed by atoms with Gasteiger partial charge >= 0.3 is 5.97 Å². The molecule has 0 radical (unpaired) electrons. The summed E-state index contributed by atoms with van der Waals surface area (Å²) in [7, 11) is 0. The van der Waals surface area contributed by atoms with Gasteiger partial charge in [0, 0.05) is 6.54 Å². The van der Waals surface area contributed by atoms with E-state index >= 15 is 0 Å². The van der Waals surface area contributed by atoms with Gasteiger partial charge in [-0.15, -0.1) is 0 Å². The molecule has 0 spiro atoms. The van der Waals surface area contributed by atoms with Gasteiger partial charge in [-0.2, -0.15) is 0 Å². The number of carboxylic acid groups (broad SMARTS) is 1. The van der Waals surface area contributed by atoms with Crippen LogP contribution in [0.1, 0.15) is 39.0 Å². The van der Waals surface area contributed by atoms with Gasteiger partial charge in [-0.3, -0.25) is 9.69 Å². The van der Waals surface area contributed by atoms with Crippen molar-refractivity contribution in [3.8, 4) is 0 Å². The first-order valence-electron chi connectivity index (χ1n) is 6.15. The standard InChI is InChI=1S/C12H21NO2/c1-9-4-3-7-13(11(9)12(14)15)8-10-5-2-6-10/h9-11H,2-8H2,1H3,(H,14,15). The summed E-state index contributed by atoms with van der Waals surface area (Å²) in [5.41, 5.74) is 0. The second-order valence-electron chi connectivity index (χ2n) is 5.19. The molecule has 2 unspecified atom stereocenters. The molecule has 2 atom stereocenters. The third-order valence-electron chi connectivity index (χ3n) is 4.01. The lowest BCUT2D eigenvalue weighted by Gasteiger charge is -2.41. The second kappa shape index (κ2) is 4.52. The van der Waals surface area contributed by atoms with Crippen LogP contribution in [0.5, 0.6) is 0 Å². The molecule has 2 rings (SSSR count). The number of aliphatic carboxylic acids is 1. The lowest BCUT2D eigenvalue weighted by molar-refractivity contribution is -0.147. The Kier molecular flexibility index (Phi) is 3.29. The van der Waals surface area contributed by atoms with E-state index in [4.69, 9.17) is 0 Å². The van der Waals surface area contributed by atoms with E-state index in [1.54, 1.807) is 0 Å². The van der Waals surface area contributed by atoms with Crippen molar-refractivity contribution < 1.29 is 9.90 Å². The van der Waals surface area contributed by atoms with Gasteiger partial charge in [-0.1, -0.05) is 13.3 Å². The molecule has 1 heterocycles. The van der Waals surface area contributed by atoms with Crippen molar-refractivity contribution in [3.63, 3.8) is 0 Å². The maximum Gasteiger partial charge on any atom is 0.321 e. The SMILES string of the molecule is CC1CCCN(CC2CCC2)C1C(=O)O. The van der Waals surface area contributed by atoms with E-state index in [1.165, 1.54) is 19.3 Å². The van der Waals surface area contributed by atoms with Crippen LogP contribution in [0.25, 0.3) is 0 Å². The second-order valence-corrected chi connectivity index (χ2v) is 5.19. The zero-order valence-corrected chi connectivity index (χ0v) is 9.48. The minimum atomic E-state index is -0.624. The molecule has 15 heavy (non-hydrogen) atoms. The van der Waals surface area contributed by atoms with Gasteiger partial charge in [-0.25, -0.2) is 0 Å². The zero-order chi connectivity index (χ0) is 10.8. The molecular formula is C12H21NO2. The van der Waals surface area contributed by atoms with E-state index in [2.05, 4.69) is 11.8 Å². The third-order valence-corrected chi connectivity index (χ3v) is 4.01. The summed E-state index contributed by atoms with van der Waals surface area (Å²) >= 11 is 0. The highest BCUT2D eigenvalue weighted by Crippen LogP contribution is 2.31. The highest BCUT2D eigenvalue weighted by atomic mass is 16.4. The molecule has 0 aromatic carbocycles. The van der Waals surface area contributed by atoms with E-state index < -0.39 is 5.97 Å². The fourth-order valence-electron chi connectivity index (χ4n) is 2.88. The first-order chi connectivity index (χ1) is 7.18. The molecule has 1 N–H and O–H groups in total. The summed E-state index contributed by atoms with van der Waals surface area (Å²) in [6.45, 7) is 4.07. The summed E-state index contributed by atoms with van der Waals surface area (Å²) in [6.07, 6.45) is 6.18. The van der Waals surface area contributed by atoms with Crippen LogP contribution in [0, 0.1) is 11.8 Å². The maximum atomic E-state index is 11.2. The Morgan fingerprint density at radius 3 is 2.60 bits per heavy atom. The summed E-state index contributed by atoms with van der Waals surface area (Å²) in [5.74, 6) is 0.468. The summed E-state index contributed by atoms with van der Waals surface area (Å²) < 4.78 is 0. The highest BCUT2D eigenvalue weighted by molar-refractivity contribution is 5.74. The van der Waals surface area contributed by atoms with Gasteiger partial charge in [0.1, 0.15) is 6.04 Å². The Hall–Kier alpha value is -0.570. The summed E-state index contributed by atoms with van der Waals surface area (Å²) in [5, 5.41) is 9.24. The number of carbonyl (C=O) groups is 1. The van der Waals surface area contributed by atoms with Gasteiger partial charge in [0.05, 0.1) is 0 Å². The summed E-state index contributed by atoms with van der Waals surface area (Å²) in [4.78, 5) is 13.4. The predicted molar refractivity (Wildman–Crippen MR) is 58.7 cm³/mol. The molecule has 0 bridgehead atoms. The molecule has 1 aliphatic carbocycles. The number of rotatable bonds is 3. The maximum absolute atomic E-state index is 11.2. The Morgan fingerprint density at radius 2 is 2.07 bits per heavy atom. The van der Waals surface area contributed by atoms with Crippen molar-refractivity contribution in [2.24, 2.45) is 11.8 Å². The van der Waals surface area contributed by atoms with Crippen LogP contribution in [0.2, 0.25) is 0 Å². The Morgan fingerprint density at radius 1 is 1.33 bits per heavy atom. The first-order valence-corrected chi connectivity index (χ1v) is 6.15. The zero-order valence-electron chi connectivity index (χ0n) is 9.48. The molecule has 0 aromatic heterocycles. The average molecular weight is 211 g/mol. The van der Waals surface area contributed by atoms with E-state index in [0.717, 1.165) is 31.8 Å². The number of likely N-dealkylation sites (tertiary alicyclic amines) is 1. The molecule has 0 amide bonds. The molecule has 0 aromatic rings. The van der Waals surface area contributed by atoms with Crippen molar-refractivity contribution in [2.45, 2.75) is 45.1 Å². The third kappa shape index (κ3) is 2.33.